The normalized spacial score (nSPS) is 17.8. The molecular formula is C17H15BrN4O. The summed E-state index contributed by atoms with van der Waals surface area (Å²) in [4.78, 5) is 19.1. The van der Waals surface area contributed by atoms with Crippen LogP contribution in [-0.2, 0) is 0 Å². The number of carbonyl (C=O) groups excluding carboxylic acids is 1. The first-order valence-electron chi connectivity index (χ1n) is 7.58. The maximum Gasteiger partial charge on any atom is 0.255 e. The van der Waals surface area contributed by atoms with Gasteiger partial charge in [-0.05, 0) is 36.6 Å². The van der Waals surface area contributed by atoms with Gasteiger partial charge in [0.15, 0.2) is 5.65 Å². The Morgan fingerprint density at radius 3 is 2.91 bits per heavy atom. The molecule has 1 aliphatic heterocycles. The van der Waals surface area contributed by atoms with Crippen molar-refractivity contribution in [2.45, 2.75) is 18.9 Å². The highest BCUT2D eigenvalue weighted by molar-refractivity contribution is 9.10. The number of pyridine rings is 1. The fourth-order valence-electron chi connectivity index (χ4n) is 3.16. The lowest BCUT2D eigenvalue weighted by molar-refractivity contribution is 0.0735. The number of aromatic nitrogens is 3. The van der Waals surface area contributed by atoms with E-state index in [2.05, 4.69) is 43.2 Å². The molecule has 5 nitrogen and oxygen atoms in total. The average molecular weight is 371 g/mol. The summed E-state index contributed by atoms with van der Waals surface area (Å²) in [5.74, 6) is 0.0334. The molecular weight excluding hydrogens is 356 g/mol. The van der Waals surface area contributed by atoms with Gasteiger partial charge in [-0.2, -0.15) is 5.10 Å². The first-order chi connectivity index (χ1) is 11.2. The molecule has 1 amide bonds. The third-order valence-electron chi connectivity index (χ3n) is 4.31. The maximum absolute atomic E-state index is 12.9. The highest BCUT2D eigenvalue weighted by Gasteiger charge is 2.30. The first kappa shape index (κ1) is 14.4. The summed E-state index contributed by atoms with van der Waals surface area (Å²) in [6.07, 6.45) is 5.33. The van der Waals surface area contributed by atoms with Gasteiger partial charge in [0.25, 0.3) is 5.91 Å². The van der Waals surface area contributed by atoms with E-state index in [9.17, 15) is 4.79 Å². The Hall–Kier alpha value is -2.21. The van der Waals surface area contributed by atoms with Gasteiger partial charge in [0.2, 0.25) is 0 Å². The highest BCUT2D eigenvalue weighted by Crippen LogP contribution is 2.33. The van der Waals surface area contributed by atoms with Crippen LogP contribution in [0.4, 0.5) is 0 Å². The first-order valence-corrected chi connectivity index (χ1v) is 8.37. The van der Waals surface area contributed by atoms with Crippen LogP contribution in [0.5, 0.6) is 0 Å². The molecule has 0 unspecified atom stereocenters. The minimum atomic E-state index is 0.0334. The zero-order valence-electron chi connectivity index (χ0n) is 12.4. The van der Waals surface area contributed by atoms with Gasteiger partial charge in [-0.25, -0.2) is 4.98 Å². The van der Waals surface area contributed by atoms with Gasteiger partial charge in [-0.3, -0.25) is 9.89 Å². The molecule has 1 atom stereocenters. The van der Waals surface area contributed by atoms with Crippen molar-refractivity contribution in [1.29, 1.82) is 0 Å². The van der Waals surface area contributed by atoms with E-state index >= 15 is 0 Å². The number of hydrogen-bond acceptors (Lipinski definition) is 3. The summed E-state index contributed by atoms with van der Waals surface area (Å²) in [7, 11) is 0. The van der Waals surface area contributed by atoms with Crippen LogP contribution >= 0.6 is 15.9 Å². The Balaban J connectivity index is 1.64. The molecule has 0 spiro atoms. The Kier molecular flexibility index (Phi) is 3.61. The number of H-pyrrole nitrogens is 1. The topological polar surface area (TPSA) is 61.9 Å². The molecule has 0 radical (unpaired) electrons. The third kappa shape index (κ3) is 2.63. The molecule has 3 aromatic rings. The lowest BCUT2D eigenvalue weighted by atomic mass is 10.0. The van der Waals surface area contributed by atoms with Gasteiger partial charge in [0.1, 0.15) is 0 Å². The van der Waals surface area contributed by atoms with E-state index in [1.165, 1.54) is 5.56 Å². The van der Waals surface area contributed by atoms with Gasteiger partial charge in [0.05, 0.1) is 17.8 Å². The summed E-state index contributed by atoms with van der Waals surface area (Å²) in [5.41, 5.74) is 2.49. The molecule has 116 valence electrons. The number of likely N-dealkylation sites (tertiary alicyclic amines) is 1. The highest BCUT2D eigenvalue weighted by atomic mass is 79.9. The van der Waals surface area contributed by atoms with Crippen molar-refractivity contribution >= 4 is 32.9 Å². The van der Waals surface area contributed by atoms with Gasteiger partial charge >= 0.3 is 0 Å². The number of nitrogens with one attached hydrogen (secondary N) is 1. The zero-order chi connectivity index (χ0) is 15.8. The lowest BCUT2D eigenvalue weighted by Gasteiger charge is -2.25. The molecule has 3 heterocycles. The van der Waals surface area contributed by atoms with Crippen LogP contribution in [0.3, 0.4) is 0 Å². The smallest absolute Gasteiger partial charge is 0.255 e. The molecule has 1 aromatic carbocycles. The van der Waals surface area contributed by atoms with E-state index in [1.807, 2.05) is 23.1 Å². The van der Waals surface area contributed by atoms with Crippen molar-refractivity contribution in [2.24, 2.45) is 0 Å². The second-order valence-electron chi connectivity index (χ2n) is 5.74. The van der Waals surface area contributed by atoms with E-state index in [4.69, 9.17) is 0 Å². The molecule has 1 fully saturated rings. The maximum atomic E-state index is 12.9. The van der Waals surface area contributed by atoms with E-state index in [0.29, 0.717) is 11.2 Å². The van der Waals surface area contributed by atoms with Crippen LogP contribution in [0.1, 0.15) is 34.8 Å². The van der Waals surface area contributed by atoms with Crippen LogP contribution in [0.15, 0.2) is 47.2 Å². The van der Waals surface area contributed by atoms with Crippen LogP contribution in [0, 0.1) is 0 Å². The number of fused-ring (bicyclic) bond motifs is 1. The number of amides is 1. The van der Waals surface area contributed by atoms with E-state index in [0.717, 1.165) is 29.2 Å². The minimum Gasteiger partial charge on any atom is -0.332 e. The zero-order valence-corrected chi connectivity index (χ0v) is 14.0. The van der Waals surface area contributed by atoms with Crippen LogP contribution in [-0.4, -0.2) is 32.5 Å². The number of hydrogen-bond donors (Lipinski definition) is 1. The average Bonchev–Trinajstić information content (AvgIpc) is 3.23. The summed E-state index contributed by atoms with van der Waals surface area (Å²) in [5, 5.41) is 7.61. The van der Waals surface area contributed by atoms with Crippen LogP contribution < -0.4 is 0 Å². The molecule has 4 rings (SSSR count). The van der Waals surface area contributed by atoms with Crippen molar-refractivity contribution in [3.63, 3.8) is 0 Å². The van der Waals surface area contributed by atoms with Gasteiger partial charge < -0.3 is 4.90 Å². The van der Waals surface area contributed by atoms with Crippen LogP contribution in [0.2, 0.25) is 0 Å². The summed E-state index contributed by atoms with van der Waals surface area (Å²) in [6, 6.07) is 10.2. The summed E-state index contributed by atoms with van der Waals surface area (Å²) in [6.45, 7) is 0.781. The predicted molar refractivity (Wildman–Crippen MR) is 91.0 cm³/mol. The van der Waals surface area contributed by atoms with Crippen molar-refractivity contribution < 1.29 is 4.79 Å². The second-order valence-corrected chi connectivity index (χ2v) is 6.66. The molecule has 1 aliphatic rings. The van der Waals surface area contributed by atoms with Crippen molar-refractivity contribution in [2.75, 3.05) is 6.54 Å². The van der Waals surface area contributed by atoms with Gasteiger partial charge in [0, 0.05) is 22.6 Å². The number of nitrogens with zero attached hydrogens (tertiary/aromatic N) is 3. The Labute approximate surface area is 141 Å². The van der Waals surface area contributed by atoms with Gasteiger partial charge in [-0.1, -0.05) is 28.1 Å². The molecule has 23 heavy (non-hydrogen) atoms. The third-order valence-corrected chi connectivity index (χ3v) is 4.84. The summed E-state index contributed by atoms with van der Waals surface area (Å²) >= 11 is 3.46. The largest absolute Gasteiger partial charge is 0.332 e. The molecule has 6 heteroatoms. The van der Waals surface area contributed by atoms with Crippen molar-refractivity contribution in [1.82, 2.24) is 20.1 Å². The molecule has 0 saturated carbocycles. The molecule has 1 saturated heterocycles. The fraction of sp³-hybridized carbons (Fsp3) is 0.235. The Morgan fingerprint density at radius 1 is 1.26 bits per heavy atom. The number of benzene rings is 1. The quantitative estimate of drug-likeness (QED) is 0.747. The number of carbonyl (C=O) groups is 1. The SMILES string of the molecule is O=C(c1cnc2[nH]ncc2c1)N1CCC[C@H]1c1ccc(Br)cc1. The standard InChI is InChI=1S/C17H15BrN4O/c18-14-5-3-11(4-6-14)15-2-1-7-22(15)17(23)13-8-12-10-20-21-16(12)19-9-13/h3-6,8-10,15H,1-2,7H2,(H,19,20,21)/t15-/m0/s1. The molecule has 0 aliphatic carbocycles. The molecule has 2 aromatic heterocycles. The lowest BCUT2D eigenvalue weighted by Crippen LogP contribution is -2.30. The monoisotopic (exact) mass is 370 g/mol. The summed E-state index contributed by atoms with van der Waals surface area (Å²) < 4.78 is 1.05. The number of aromatic amines is 1. The van der Waals surface area contributed by atoms with E-state index in [1.54, 1.807) is 12.4 Å². The van der Waals surface area contributed by atoms with E-state index < -0.39 is 0 Å². The number of halogens is 1. The minimum absolute atomic E-state index is 0.0334. The van der Waals surface area contributed by atoms with E-state index in [-0.39, 0.29) is 11.9 Å². The molecule has 1 N–H and O–H groups in total. The van der Waals surface area contributed by atoms with Gasteiger partial charge in [-0.15, -0.1) is 0 Å². The van der Waals surface area contributed by atoms with Crippen molar-refractivity contribution in [3.8, 4) is 0 Å². The fourth-order valence-corrected chi connectivity index (χ4v) is 3.42. The second kappa shape index (κ2) is 5.77. The predicted octanol–water partition coefficient (Wildman–Crippen LogP) is 3.70. The van der Waals surface area contributed by atoms with Crippen molar-refractivity contribution in [3.05, 3.63) is 58.3 Å². The Bertz CT molecular complexity index is 858. The van der Waals surface area contributed by atoms with Crippen LogP contribution in [0.25, 0.3) is 11.0 Å². The molecule has 0 bridgehead atoms. The number of rotatable bonds is 2. The Morgan fingerprint density at radius 2 is 2.09 bits per heavy atom.